The van der Waals surface area contributed by atoms with Crippen molar-refractivity contribution in [2.75, 3.05) is 11.5 Å². The van der Waals surface area contributed by atoms with Gasteiger partial charge in [0, 0.05) is 23.5 Å². The fraction of sp³-hybridized carbons (Fsp3) is 0.769. The van der Waals surface area contributed by atoms with Crippen molar-refractivity contribution in [3.05, 3.63) is 0 Å². The highest BCUT2D eigenvalue weighted by Crippen LogP contribution is 2.21. The summed E-state index contributed by atoms with van der Waals surface area (Å²) in [5.74, 6) is -1.34. The summed E-state index contributed by atoms with van der Waals surface area (Å²) in [5, 5.41) is 20.0. The van der Waals surface area contributed by atoms with Gasteiger partial charge in [0.1, 0.15) is 6.04 Å². The third-order valence-corrected chi connectivity index (χ3v) is 4.20. The van der Waals surface area contributed by atoms with E-state index in [2.05, 4.69) is 11.4 Å². The van der Waals surface area contributed by atoms with Crippen molar-refractivity contribution in [2.45, 2.75) is 46.1 Å². The van der Waals surface area contributed by atoms with Crippen LogP contribution in [0.25, 0.3) is 0 Å². The molecule has 6 nitrogen and oxygen atoms in total. The normalized spacial score (nSPS) is 14.1. The first-order chi connectivity index (χ1) is 9.18. The number of hydrogen-bond donors (Lipinski definition) is 2. The van der Waals surface area contributed by atoms with Gasteiger partial charge in [-0.3, -0.25) is 9.00 Å². The molecule has 1 amide bonds. The highest BCUT2D eigenvalue weighted by molar-refractivity contribution is 7.85. The number of carboxylic acids is 1. The van der Waals surface area contributed by atoms with Gasteiger partial charge in [0.2, 0.25) is 5.91 Å². The van der Waals surface area contributed by atoms with Crippen molar-refractivity contribution in [1.82, 2.24) is 5.32 Å². The molecule has 0 aliphatic carbocycles. The maximum atomic E-state index is 11.8. The molecule has 0 aliphatic heterocycles. The van der Waals surface area contributed by atoms with Crippen LogP contribution in [0.3, 0.4) is 0 Å². The first-order valence-electron chi connectivity index (χ1n) is 6.44. The van der Waals surface area contributed by atoms with Crippen LogP contribution in [0.15, 0.2) is 0 Å². The predicted octanol–water partition coefficient (Wildman–Crippen LogP) is 1.04. The first-order valence-corrected chi connectivity index (χ1v) is 7.93. The maximum absolute atomic E-state index is 11.8. The summed E-state index contributed by atoms with van der Waals surface area (Å²) < 4.78 is 11.8. The molecule has 0 rings (SSSR count). The second-order valence-corrected chi connectivity index (χ2v) is 6.98. The number of unbranched alkanes of at least 4 members (excludes halogenated alkanes) is 1. The Morgan fingerprint density at radius 2 is 2.00 bits per heavy atom. The van der Waals surface area contributed by atoms with Crippen molar-refractivity contribution >= 4 is 22.7 Å². The number of hydrogen-bond acceptors (Lipinski definition) is 4. The van der Waals surface area contributed by atoms with Gasteiger partial charge >= 0.3 is 5.97 Å². The molecule has 0 radical (unpaired) electrons. The van der Waals surface area contributed by atoms with E-state index < -0.39 is 28.7 Å². The van der Waals surface area contributed by atoms with E-state index in [0.29, 0.717) is 12.2 Å². The van der Waals surface area contributed by atoms with E-state index in [0.717, 1.165) is 12.8 Å². The molecular formula is C13H22N2O4S. The Kier molecular flexibility index (Phi) is 8.07. The Bertz CT molecular complexity index is 415. The average molecular weight is 302 g/mol. The molecule has 0 aliphatic rings. The van der Waals surface area contributed by atoms with Crippen molar-refractivity contribution in [3.63, 3.8) is 0 Å². The summed E-state index contributed by atoms with van der Waals surface area (Å²) in [6.45, 7) is 4.92. The Morgan fingerprint density at radius 1 is 1.40 bits per heavy atom. The van der Waals surface area contributed by atoms with Crippen molar-refractivity contribution in [1.29, 1.82) is 5.26 Å². The van der Waals surface area contributed by atoms with Crippen LogP contribution in [-0.2, 0) is 20.4 Å². The maximum Gasteiger partial charge on any atom is 0.327 e. The van der Waals surface area contributed by atoms with Crippen LogP contribution in [0.5, 0.6) is 0 Å². The molecule has 0 aromatic heterocycles. The number of nitrogens with one attached hydrogen (secondary N) is 1. The number of amides is 1. The SMILES string of the molecule is CC(=O)NC(CS(=O)CCCCC(C)(C)C#N)C(=O)O. The zero-order valence-corrected chi connectivity index (χ0v) is 13.0. The molecule has 7 heteroatoms. The van der Waals surface area contributed by atoms with Gasteiger partial charge in [-0.25, -0.2) is 4.79 Å². The number of rotatable bonds is 9. The third-order valence-electron chi connectivity index (χ3n) is 2.75. The Morgan fingerprint density at radius 3 is 2.45 bits per heavy atom. The van der Waals surface area contributed by atoms with E-state index >= 15 is 0 Å². The molecule has 20 heavy (non-hydrogen) atoms. The minimum absolute atomic E-state index is 0.0867. The van der Waals surface area contributed by atoms with Gasteiger partial charge in [-0.15, -0.1) is 0 Å². The molecule has 0 saturated heterocycles. The minimum Gasteiger partial charge on any atom is -0.480 e. The molecule has 2 N–H and O–H groups in total. The summed E-state index contributed by atoms with van der Waals surface area (Å²) >= 11 is 0. The van der Waals surface area contributed by atoms with Crippen LogP contribution >= 0.6 is 0 Å². The molecule has 0 aromatic carbocycles. The van der Waals surface area contributed by atoms with Gasteiger partial charge in [-0.05, 0) is 26.7 Å². The zero-order chi connectivity index (χ0) is 15.8. The lowest BCUT2D eigenvalue weighted by Gasteiger charge is -2.15. The van der Waals surface area contributed by atoms with E-state index in [9.17, 15) is 13.8 Å². The fourth-order valence-electron chi connectivity index (χ4n) is 1.58. The van der Waals surface area contributed by atoms with Crippen molar-refractivity contribution in [3.8, 4) is 6.07 Å². The predicted molar refractivity (Wildman–Crippen MR) is 76.4 cm³/mol. The number of aliphatic carboxylic acids is 1. The summed E-state index contributed by atoms with van der Waals surface area (Å²) in [4.78, 5) is 21.7. The van der Waals surface area contributed by atoms with Crippen molar-refractivity contribution in [2.24, 2.45) is 5.41 Å². The second-order valence-electron chi connectivity index (χ2n) is 5.35. The molecule has 0 bridgehead atoms. The number of nitriles is 1. The minimum atomic E-state index is -1.30. The Balaban J connectivity index is 4.07. The monoisotopic (exact) mass is 302 g/mol. The van der Waals surface area contributed by atoms with Gasteiger partial charge in [0.25, 0.3) is 0 Å². The second kappa shape index (κ2) is 8.69. The van der Waals surface area contributed by atoms with Crippen LogP contribution in [0, 0.1) is 16.7 Å². The number of nitrogens with zero attached hydrogens (tertiary/aromatic N) is 1. The highest BCUT2D eigenvalue weighted by Gasteiger charge is 2.21. The van der Waals surface area contributed by atoms with E-state index in [4.69, 9.17) is 10.4 Å². The smallest absolute Gasteiger partial charge is 0.327 e. The number of carboxylic acid groups (broad SMARTS) is 1. The molecule has 0 saturated carbocycles. The third kappa shape index (κ3) is 8.64. The molecule has 2 unspecified atom stereocenters. The first kappa shape index (κ1) is 18.6. The largest absolute Gasteiger partial charge is 0.480 e. The molecule has 114 valence electrons. The van der Waals surface area contributed by atoms with E-state index in [-0.39, 0.29) is 11.2 Å². The summed E-state index contributed by atoms with van der Waals surface area (Å²) in [6, 6.07) is 1.09. The lowest BCUT2D eigenvalue weighted by molar-refractivity contribution is -0.140. The van der Waals surface area contributed by atoms with Crippen LogP contribution in [0.4, 0.5) is 0 Å². The summed E-state index contributed by atoms with van der Waals surface area (Å²) in [6.07, 6.45) is 2.16. The van der Waals surface area contributed by atoms with Crippen LogP contribution < -0.4 is 5.32 Å². The van der Waals surface area contributed by atoms with Gasteiger partial charge in [-0.2, -0.15) is 5.26 Å². The van der Waals surface area contributed by atoms with Crippen LogP contribution in [-0.4, -0.2) is 38.7 Å². The zero-order valence-electron chi connectivity index (χ0n) is 12.1. The molecule has 0 aromatic rings. The molecule has 2 atom stereocenters. The topological polar surface area (TPSA) is 107 Å². The van der Waals surface area contributed by atoms with Gasteiger partial charge in [-0.1, -0.05) is 6.42 Å². The standard InChI is InChI=1S/C13H22N2O4S/c1-10(16)15-11(12(17)18)8-20(19)7-5-4-6-13(2,3)9-14/h11H,4-8H2,1-3H3,(H,15,16)(H,17,18). The average Bonchev–Trinajstić information content (AvgIpc) is 2.33. The van der Waals surface area contributed by atoms with Crippen molar-refractivity contribution < 1.29 is 18.9 Å². The van der Waals surface area contributed by atoms with Gasteiger partial charge < -0.3 is 10.4 Å². The molecule has 0 heterocycles. The fourth-order valence-corrected chi connectivity index (χ4v) is 2.87. The van der Waals surface area contributed by atoms with Gasteiger partial charge in [0.05, 0.1) is 17.2 Å². The lowest BCUT2D eigenvalue weighted by atomic mass is 9.89. The molecule has 0 spiro atoms. The molecule has 0 fully saturated rings. The Hall–Kier alpha value is -1.42. The van der Waals surface area contributed by atoms with Gasteiger partial charge in [0.15, 0.2) is 0 Å². The summed E-state index contributed by atoms with van der Waals surface area (Å²) in [5.41, 5.74) is -0.388. The highest BCUT2D eigenvalue weighted by atomic mass is 32.2. The van der Waals surface area contributed by atoms with E-state index in [1.165, 1.54) is 6.92 Å². The summed E-state index contributed by atoms with van der Waals surface area (Å²) in [7, 11) is -1.30. The molecular weight excluding hydrogens is 280 g/mol. The van der Waals surface area contributed by atoms with E-state index in [1.807, 2.05) is 13.8 Å². The lowest BCUT2D eigenvalue weighted by Crippen LogP contribution is -2.43. The quantitative estimate of drug-likeness (QED) is 0.619. The van der Waals surface area contributed by atoms with Crippen LogP contribution in [0.1, 0.15) is 40.0 Å². The number of carbonyl (C=O) groups is 2. The number of carbonyl (C=O) groups excluding carboxylic acids is 1. The van der Waals surface area contributed by atoms with Crippen LogP contribution in [0.2, 0.25) is 0 Å². The Labute approximate surface area is 122 Å². The van der Waals surface area contributed by atoms with E-state index in [1.54, 1.807) is 0 Å².